The molecule has 3 nitrogen and oxygen atoms in total. The van der Waals surface area contributed by atoms with Gasteiger partial charge in [0, 0.05) is 0 Å². The van der Waals surface area contributed by atoms with E-state index in [-0.39, 0.29) is 5.75 Å². The van der Waals surface area contributed by atoms with E-state index in [4.69, 9.17) is 4.74 Å². The monoisotopic (exact) mass is 206 g/mol. The average Bonchev–Trinajstić information content (AvgIpc) is 2.26. The van der Waals surface area contributed by atoms with Crippen LogP contribution in [0, 0.1) is 0 Å². The first-order valence-electron chi connectivity index (χ1n) is 4.85. The van der Waals surface area contributed by atoms with Crippen molar-refractivity contribution >= 4 is 12.4 Å². The highest BCUT2D eigenvalue weighted by Crippen LogP contribution is 2.27. The number of hydrogen-bond donors (Lipinski definition) is 1. The number of rotatable bonds is 5. The number of allylic oxidation sites excluding steroid dienone is 1. The Morgan fingerprint density at radius 1 is 1.47 bits per heavy atom. The first-order valence-corrected chi connectivity index (χ1v) is 4.85. The van der Waals surface area contributed by atoms with Crippen molar-refractivity contribution in [3.63, 3.8) is 0 Å². The van der Waals surface area contributed by atoms with Crippen LogP contribution in [0.25, 0.3) is 6.08 Å². The normalized spacial score (nSPS) is 10.5. The van der Waals surface area contributed by atoms with E-state index in [0.717, 1.165) is 12.0 Å². The third kappa shape index (κ3) is 3.46. The predicted molar refractivity (Wildman–Crippen MR) is 59.0 cm³/mol. The fraction of sp³-hybridized carbons (Fsp3) is 0.250. The molecule has 15 heavy (non-hydrogen) atoms. The van der Waals surface area contributed by atoms with Crippen LogP contribution in [0.1, 0.15) is 18.9 Å². The molecule has 1 aromatic carbocycles. The number of hydrogen-bond acceptors (Lipinski definition) is 3. The molecule has 0 aliphatic carbocycles. The third-order valence-corrected chi connectivity index (χ3v) is 1.81. The van der Waals surface area contributed by atoms with Crippen LogP contribution in [0.15, 0.2) is 24.3 Å². The van der Waals surface area contributed by atoms with Crippen LogP contribution in [0.4, 0.5) is 0 Å². The van der Waals surface area contributed by atoms with E-state index in [1.54, 1.807) is 24.3 Å². The smallest absolute Gasteiger partial charge is 0.161 e. The highest BCUT2D eigenvalue weighted by Gasteiger charge is 2.01. The number of aromatic hydroxyl groups is 1. The van der Waals surface area contributed by atoms with Crippen molar-refractivity contribution in [2.75, 3.05) is 6.61 Å². The summed E-state index contributed by atoms with van der Waals surface area (Å²) in [6, 6.07) is 4.97. The maximum absolute atomic E-state index is 10.1. The van der Waals surface area contributed by atoms with Crippen LogP contribution in [-0.2, 0) is 4.79 Å². The van der Waals surface area contributed by atoms with E-state index in [1.165, 1.54) is 6.08 Å². The maximum atomic E-state index is 10.1. The Bertz CT molecular complexity index is 356. The molecule has 0 amide bonds. The molecule has 0 aliphatic rings. The summed E-state index contributed by atoms with van der Waals surface area (Å²) in [7, 11) is 0. The SMILES string of the molecule is CCCOc1cc(C=CC=O)ccc1O. The molecule has 0 fully saturated rings. The topological polar surface area (TPSA) is 46.5 Å². The van der Waals surface area contributed by atoms with Gasteiger partial charge < -0.3 is 9.84 Å². The van der Waals surface area contributed by atoms with Crippen LogP contribution in [0.2, 0.25) is 0 Å². The summed E-state index contributed by atoms with van der Waals surface area (Å²) < 4.78 is 5.33. The van der Waals surface area contributed by atoms with E-state index < -0.39 is 0 Å². The van der Waals surface area contributed by atoms with Gasteiger partial charge in [0.1, 0.15) is 6.29 Å². The van der Waals surface area contributed by atoms with E-state index in [9.17, 15) is 9.90 Å². The molecule has 0 bridgehead atoms. The molecule has 80 valence electrons. The number of aldehydes is 1. The molecule has 0 unspecified atom stereocenters. The molecule has 0 saturated heterocycles. The zero-order chi connectivity index (χ0) is 11.1. The molecule has 1 N–H and O–H groups in total. The molecular formula is C12H14O3. The van der Waals surface area contributed by atoms with E-state index in [2.05, 4.69) is 0 Å². The van der Waals surface area contributed by atoms with E-state index in [1.807, 2.05) is 6.92 Å². The van der Waals surface area contributed by atoms with Gasteiger partial charge in [0.15, 0.2) is 11.5 Å². The van der Waals surface area contributed by atoms with Crippen molar-refractivity contribution in [2.45, 2.75) is 13.3 Å². The predicted octanol–water partition coefficient (Wildman–Crippen LogP) is 2.39. The zero-order valence-corrected chi connectivity index (χ0v) is 8.64. The number of phenolic OH excluding ortho intramolecular Hbond substituents is 1. The highest BCUT2D eigenvalue weighted by molar-refractivity contribution is 5.74. The fourth-order valence-electron chi connectivity index (χ4n) is 1.11. The van der Waals surface area contributed by atoms with E-state index >= 15 is 0 Å². The molecule has 1 aromatic rings. The Kier molecular flexibility index (Phi) is 4.41. The Morgan fingerprint density at radius 3 is 2.93 bits per heavy atom. The second-order valence-electron chi connectivity index (χ2n) is 3.07. The molecule has 3 heteroatoms. The van der Waals surface area contributed by atoms with Gasteiger partial charge in [-0.2, -0.15) is 0 Å². The lowest BCUT2D eigenvalue weighted by Crippen LogP contribution is -1.95. The van der Waals surface area contributed by atoms with Gasteiger partial charge in [-0.1, -0.05) is 19.1 Å². The molecule has 0 spiro atoms. The molecule has 0 aliphatic heterocycles. The minimum absolute atomic E-state index is 0.117. The van der Waals surface area contributed by atoms with Crippen LogP contribution >= 0.6 is 0 Å². The second-order valence-corrected chi connectivity index (χ2v) is 3.07. The van der Waals surface area contributed by atoms with Crippen molar-refractivity contribution < 1.29 is 14.6 Å². The number of ether oxygens (including phenoxy) is 1. The lowest BCUT2D eigenvalue weighted by atomic mass is 10.2. The van der Waals surface area contributed by atoms with Gasteiger partial charge in [-0.15, -0.1) is 0 Å². The molecule has 0 saturated carbocycles. The molecule has 1 rings (SSSR count). The van der Waals surface area contributed by atoms with Gasteiger partial charge in [0.05, 0.1) is 6.61 Å². The third-order valence-electron chi connectivity index (χ3n) is 1.81. The average molecular weight is 206 g/mol. The summed E-state index contributed by atoms with van der Waals surface area (Å²) in [6.07, 6.45) is 4.65. The summed E-state index contributed by atoms with van der Waals surface area (Å²) in [4.78, 5) is 10.1. The first kappa shape index (κ1) is 11.3. The van der Waals surface area contributed by atoms with Crippen LogP contribution in [-0.4, -0.2) is 18.0 Å². The van der Waals surface area contributed by atoms with E-state index in [0.29, 0.717) is 18.6 Å². The Morgan fingerprint density at radius 2 is 2.27 bits per heavy atom. The van der Waals surface area contributed by atoms with Gasteiger partial charge >= 0.3 is 0 Å². The molecule has 0 atom stereocenters. The lowest BCUT2D eigenvalue weighted by molar-refractivity contribution is -0.104. The molecular weight excluding hydrogens is 192 g/mol. The Balaban J connectivity index is 2.84. The van der Waals surface area contributed by atoms with Crippen molar-refractivity contribution in [2.24, 2.45) is 0 Å². The number of phenols is 1. The standard InChI is InChI=1S/C12H14O3/c1-2-8-15-12-9-10(4-3-7-13)5-6-11(12)14/h3-7,9,14H,2,8H2,1H3. The van der Waals surface area contributed by atoms with Gasteiger partial charge in [-0.05, 0) is 30.2 Å². The molecule has 0 aromatic heterocycles. The zero-order valence-electron chi connectivity index (χ0n) is 8.64. The minimum atomic E-state index is 0.117. The summed E-state index contributed by atoms with van der Waals surface area (Å²) in [6.45, 7) is 2.56. The first-order chi connectivity index (χ1) is 7.27. The van der Waals surface area contributed by atoms with Crippen molar-refractivity contribution in [3.05, 3.63) is 29.8 Å². The lowest BCUT2D eigenvalue weighted by Gasteiger charge is -2.07. The largest absolute Gasteiger partial charge is 0.504 e. The number of carbonyl (C=O) groups is 1. The van der Waals surface area contributed by atoms with Gasteiger partial charge in [-0.3, -0.25) is 4.79 Å². The fourth-order valence-corrected chi connectivity index (χ4v) is 1.11. The van der Waals surface area contributed by atoms with Crippen molar-refractivity contribution in [1.29, 1.82) is 0 Å². The molecule has 0 radical (unpaired) electrons. The van der Waals surface area contributed by atoms with Crippen molar-refractivity contribution in [1.82, 2.24) is 0 Å². The Hall–Kier alpha value is -1.77. The summed E-state index contributed by atoms with van der Waals surface area (Å²) in [5.41, 5.74) is 0.825. The quantitative estimate of drug-likeness (QED) is 0.594. The van der Waals surface area contributed by atoms with Crippen LogP contribution < -0.4 is 4.74 Å². The highest BCUT2D eigenvalue weighted by atomic mass is 16.5. The maximum Gasteiger partial charge on any atom is 0.161 e. The number of carbonyl (C=O) groups excluding carboxylic acids is 1. The number of benzene rings is 1. The summed E-state index contributed by atoms with van der Waals surface area (Å²) in [5, 5.41) is 9.47. The van der Waals surface area contributed by atoms with Gasteiger partial charge in [-0.25, -0.2) is 0 Å². The summed E-state index contributed by atoms with van der Waals surface area (Å²) in [5.74, 6) is 0.566. The van der Waals surface area contributed by atoms with Crippen molar-refractivity contribution in [3.8, 4) is 11.5 Å². The Labute approximate surface area is 89.0 Å². The second kappa shape index (κ2) is 5.86. The van der Waals surface area contributed by atoms with Gasteiger partial charge in [0.25, 0.3) is 0 Å². The summed E-state index contributed by atoms with van der Waals surface area (Å²) >= 11 is 0. The minimum Gasteiger partial charge on any atom is -0.504 e. The molecule has 0 heterocycles. The van der Waals surface area contributed by atoms with Crippen LogP contribution in [0.5, 0.6) is 11.5 Å². The van der Waals surface area contributed by atoms with Gasteiger partial charge in [0.2, 0.25) is 0 Å². The van der Waals surface area contributed by atoms with Crippen LogP contribution in [0.3, 0.4) is 0 Å².